The van der Waals surface area contributed by atoms with Crippen LogP contribution in [0.25, 0.3) is 0 Å². The Morgan fingerprint density at radius 1 is 1.13 bits per heavy atom. The van der Waals surface area contributed by atoms with E-state index in [1.807, 2.05) is 24.3 Å². The first-order chi connectivity index (χ1) is 7.01. The molecule has 0 N–H and O–H groups in total. The van der Waals surface area contributed by atoms with Crippen LogP contribution in [0.1, 0.15) is 11.1 Å². The summed E-state index contributed by atoms with van der Waals surface area (Å²) in [6.45, 7) is 0.966. The molecule has 0 unspecified atom stereocenters. The third-order valence-electron chi connectivity index (χ3n) is 2.60. The third kappa shape index (κ3) is 1.78. The molecule has 0 bridgehead atoms. The summed E-state index contributed by atoms with van der Waals surface area (Å²) >= 11 is 0. The number of fused-ring (bicyclic) bond motifs is 1. The molecule has 1 aromatic rings. The Bertz CT molecular complexity index is 443. The summed E-state index contributed by atoms with van der Waals surface area (Å²) < 4.78 is 26.4. The lowest BCUT2D eigenvalue weighted by atomic mass is 10.1. The molecule has 1 aromatic carbocycles. The van der Waals surface area contributed by atoms with Gasteiger partial charge in [0, 0.05) is 27.2 Å². The second-order valence-electron chi connectivity index (χ2n) is 3.83. The number of benzene rings is 1. The zero-order valence-corrected chi connectivity index (χ0v) is 9.66. The van der Waals surface area contributed by atoms with Gasteiger partial charge in [-0.3, -0.25) is 0 Å². The van der Waals surface area contributed by atoms with Gasteiger partial charge in [0.05, 0.1) is 0 Å². The van der Waals surface area contributed by atoms with Crippen molar-refractivity contribution in [2.75, 3.05) is 14.1 Å². The molecule has 1 aliphatic rings. The summed E-state index contributed by atoms with van der Waals surface area (Å²) in [7, 11) is -0.170. The first kappa shape index (κ1) is 10.6. The van der Waals surface area contributed by atoms with Gasteiger partial charge in [0.1, 0.15) is 0 Å². The third-order valence-corrected chi connectivity index (χ3v) is 4.43. The van der Waals surface area contributed by atoms with Crippen LogP contribution in [0.5, 0.6) is 0 Å². The molecule has 0 spiro atoms. The van der Waals surface area contributed by atoms with E-state index in [9.17, 15) is 8.42 Å². The first-order valence-electron chi connectivity index (χ1n) is 4.76. The monoisotopic (exact) mass is 226 g/mol. The van der Waals surface area contributed by atoms with Crippen molar-refractivity contribution in [1.82, 2.24) is 8.61 Å². The highest BCUT2D eigenvalue weighted by Gasteiger charge is 2.30. The fourth-order valence-corrected chi connectivity index (χ4v) is 2.76. The van der Waals surface area contributed by atoms with Gasteiger partial charge in [0.15, 0.2) is 0 Å². The van der Waals surface area contributed by atoms with Crippen LogP contribution >= 0.6 is 0 Å². The highest BCUT2D eigenvalue weighted by Crippen LogP contribution is 2.25. The fraction of sp³-hybridized carbons (Fsp3) is 0.400. The maximum absolute atomic E-state index is 11.9. The Kier molecular flexibility index (Phi) is 2.54. The number of nitrogens with zero attached hydrogens (tertiary/aromatic N) is 2. The molecule has 0 saturated heterocycles. The van der Waals surface area contributed by atoms with Crippen molar-refractivity contribution < 1.29 is 8.42 Å². The lowest BCUT2D eigenvalue weighted by molar-refractivity contribution is 0.388. The van der Waals surface area contributed by atoms with Crippen molar-refractivity contribution in [3.05, 3.63) is 35.4 Å². The second kappa shape index (κ2) is 3.59. The molecule has 82 valence electrons. The molecule has 5 heteroatoms. The molecule has 0 saturated carbocycles. The Balaban J connectivity index is 2.28. The van der Waals surface area contributed by atoms with E-state index in [0.29, 0.717) is 13.1 Å². The fourth-order valence-electron chi connectivity index (χ4n) is 1.70. The minimum Gasteiger partial charge on any atom is -0.195 e. The predicted octanol–water partition coefficient (Wildman–Crippen LogP) is 0.809. The van der Waals surface area contributed by atoms with Gasteiger partial charge in [0.25, 0.3) is 10.2 Å². The van der Waals surface area contributed by atoms with Crippen LogP contribution in [0, 0.1) is 0 Å². The molecular formula is C10H14N2O2S. The van der Waals surface area contributed by atoms with Gasteiger partial charge in [-0.2, -0.15) is 17.0 Å². The molecule has 0 aliphatic carbocycles. The van der Waals surface area contributed by atoms with Gasteiger partial charge in [-0.1, -0.05) is 24.3 Å². The van der Waals surface area contributed by atoms with E-state index in [1.165, 1.54) is 8.61 Å². The smallest absolute Gasteiger partial charge is 0.195 e. The Morgan fingerprint density at radius 3 is 2.00 bits per heavy atom. The summed E-state index contributed by atoms with van der Waals surface area (Å²) in [6.07, 6.45) is 0. The van der Waals surface area contributed by atoms with E-state index in [-0.39, 0.29) is 0 Å². The van der Waals surface area contributed by atoms with Crippen LogP contribution in [0.15, 0.2) is 24.3 Å². The van der Waals surface area contributed by atoms with Crippen molar-refractivity contribution in [2.45, 2.75) is 13.1 Å². The van der Waals surface area contributed by atoms with Gasteiger partial charge < -0.3 is 0 Å². The van der Waals surface area contributed by atoms with Crippen molar-refractivity contribution in [1.29, 1.82) is 0 Å². The molecular weight excluding hydrogens is 212 g/mol. The van der Waals surface area contributed by atoms with E-state index in [1.54, 1.807) is 14.1 Å². The standard InChI is InChI=1S/C10H14N2O2S/c1-11(2)15(13,14)12-7-9-5-3-4-6-10(9)8-12/h3-6H,7-8H2,1-2H3. The normalized spacial score (nSPS) is 17.0. The molecule has 4 nitrogen and oxygen atoms in total. The van der Waals surface area contributed by atoms with Crippen LogP contribution < -0.4 is 0 Å². The van der Waals surface area contributed by atoms with Gasteiger partial charge in [-0.25, -0.2) is 0 Å². The maximum Gasteiger partial charge on any atom is 0.282 e. The highest BCUT2D eigenvalue weighted by atomic mass is 32.2. The maximum atomic E-state index is 11.9. The van der Waals surface area contributed by atoms with E-state index in [0.717, 1.165) is 11.1 Å². The highest BCUT2D eigenvalue weighted by molar-refractivity contribution is 7.86. The molecule has 2 rings (SSSR count). The van der Waals surface area contributed by atoms with Crippen molar-refractivity contribution in [3.63, 3.8) is 0 Å². The largest absolute Gasteiger partial charge is 0.282 e. The molecule has 15 heavy (non-hydrogen) atoms. The average Bonchev–Trinajstić information content (AvgIpc) is 2.61. The van der Waals surface area contributed by atoms with Gasteiger partial charge in [-0.15, -0.1) is 0 Å². The summed E-state index contributed by atoms with van der Waals surface area (Å²) in [5.74, 6) is 0. The summed E-state index contributed by atoms with van der Waals surface area (Å²) in [5, 5.41) is 0. The van der Waals surface area contributed by atoms with E-state index >= 15 is 0 Å². The SMILES string of the molecule is CN(C)S(=O)(=O)N1Cc2ccccc2C1. The molecule has 1 heterocycles. The Hall–Kier alpha value is -0.910. The molecule has 0 aromatic heterocycles. The van der Waals surface area contributed by atoms with E-state index in [2.05, 4.69) is 0 Å². The second-order valence-corrected chi connectivity index (χ2v) is 5.97. The zero-order valence-electron chi connectivity index (χ0n) is 8.84. The summed E-state index contributed by atoms with van der Waals surface area (Å²) in [5.41, 5.74) is 2.20. The quantitative estimate of drug-likeness (QED) is 0.748. The summed E-state index contributed by atoms with van der Waals surface area (Å²) in [6, 6.07) is 7.82. The van der Waals surface area contributed by atoms with Crippen LogP contribution in [-0.4, -0.2) is 31.1 Å². The molecule has 1 aliphatic heterocycles. The van der Waals surface area contributed by atoms with Crippen LogP contribution in [-0.2, 0) is 23.3 Å². The van der Waals surface area contributed by atoms with E-state index < -0.39 is 10.2 Å². The van der Waals surface area contributed by atoms with Crippen LogP contribution in [0.2, 0.25) is 0 Å². The van der Waals surface area contributed by atoms with Gasteiger partial charge in [-0.05, 0) is 11.1 Å². The molecule has 0 atom stereocenters. The first-order valence-corrected chi connectivity index (χ1v) is 6.16. The lowest BCUT2D eigenvalue weighted by Gasteiger charge is -2.20. The van der Waals surface area contributed by atoms with Crippen LogP contribution in [0.3, 0.4) is 0 Å². The number of hydrogen-bond acceptors (Lipinski definition) is 2. The minimum atomic E-state index is -3.28. The van der Waals surface area contributed by atoms with Crippen LogP contribution in [0.4, 0.5) is 0 Å². The predicted molar refractivity (Wildman–Crippen MR) is 58.3 cm³/mol. The molecule has 0 amide bonds. The number of hydrogen-bond donors (Lipinski definition) is 0. The number of rotatable bonds is 2. The molecule has 0 radical (unpaired) electrons. The van der Waals surface area contributed by atoms with Gasteiger partial charge in [0.2, 0.25) is 0 Å². The summed E-state index contributed by atoms with van der Waals surface area (Å²) in [4.78, 5) is 0. The average molecular weight is 226 g/mol. The van der Waals surface area contributed by atoms with Gasteiger partial charge >= 0.3 is 0 Å². The topological polar surface area (TPSA) is 40.6 Å². The van der Waals surface area contributed by atoms with Crippen molar-refractivity contribution in [2.24, 2.45) is 0 Å². The zero-order chi connectivity index (χ0) is 11.1. The lowest BCUT2D eigenvalue weighted by Crippen LogP contribution is -2.36. The molecule has 0 fully saturated rings. The van der Waals surface area contributed by atoms with Crippen molar-refractivity contribution >= 4 is 10.2 Å². The minimum absolute atomic E-state index is 0.483. The Morgan fingerprint density at radius 2 is 1.60 bits per heavy atom. The van der Waals surface area contributed by atoms with E-state index in [4.69, 9.17) is 0 Å². The Labute approximate surface area is 90.3 Å². The van der Waals surface area contributed by atoms with Crippen molar-refractivity contribution in [3.8, 4) is 0 Å².